The SMILES string of the molecule is CC(C)(c1ccccn1)N1CC[C@](C#N)(CCc2ccc(F)c(F)c2)C1. The summed E-state index contributed by atoms with van der Waals surface area (Å²) in [4.78, 5) is 6.77. The van der Waals surface area contributed by atoms with E-state index in [-0.39, 0.29) is 5.54 Å². The van der Waals surface area contributed by atoms with E-state index in [9.17, 15) is 14.0 Å². The predicted octanol–water partition coefficient (Wildman–Crippen LogP) is 4.44. The molecule has 0 radical (unpaired) electrons. The van der Waals surface area contributed by atoms with Crippen LogP contribution in [0.2, 0.25) is 0 Å². The molecule has 0 amide bonds. The van der Waals surface area contributed by atoms with Gasteiger partial charge in [0.15, 0.2) is 11.6 Å². The minimum atomic E-state index is -0.840. The molecule has 0 aliphatic carbocycles. The Balaban J connectivity index is 1.71. The summed E-state index contributed by atoms with van der Waals surface area (Å²) in [6.07, 6.45) is 3.74. The molecule has 0 bridgehead atoms. The fraction of sp³-hybridized carbons (Fsp3) is 0.429. The fourth-order valence-corrected chi connectivity index (χ4v) is 3.67. The molecule has 0 saturated carbocycles. The van der Waals surface area contributed by atoms with Crippen LogP contribution in [0, 0.1) is 28.4 Å². The molecule has 1 fully saturated rings. The normalized spacial score (nSPS) is 20.9. The quantitative estimate of drug-likeness (QED) is 0.796. The standard InChI is InChI=1S/C21H23F2N3/c1-20(2,19-5-3-4-11-25-19)26-12-10-21(14-24,15-26)9-8-16-6-7-17(22)18(23)13-16/h3-7,11,13H,8-10,12,15H2,1-2H3/t21-/m0/s1. The molecule has 1 aromatic carbocycles. The fourth-order valence-electron chi connectivity index (χ4n) is 3.67. The van der Waals surface area contributed by atoms with E-state index in [2.05, 4.69) is 29.8 Å². The van der Waals surface area contributed by atoms with Gasteiger partial charge in [-0.3, -0.25) is 9.88 Å². The summed E-state index contributed by atoms with van der Waals surface area (Å²) in [6.45, 7) is 5.71. The average molecular weight is 355 g/mol. The van der Waals surface area contributed by atoms with Gasteiger partial charge in [0.1, 0.15) is 0 Å². The molecule has 2 heterocycles. The number of nitrogens with zero attached hydrogens (tertiary/aromatic N) is 3. The van der Waals surface area contributed by atoms with Gasteiger partial charge < -0.3 is 0 Å². The average Bonchev–Trinajstić information content (AvgIpc) is 3.09. The molecule has 5 heteroatoms. The van der Waals surface area contributed by atoms with Gasteiger partial charge in [0.25, 0.3) is 0 Å². The van der Waals surface area contributed by atoms with Crippen molar-refractivity contribution in [1.29, 1.82) is 5.26 Å². The Kier molecular flexibility index (Phi) is 5.06. The van der Waals surface area contributed by atoms with Crippen molar-refractivity contribution in [3.05, 3.63) is 65.5 Å². The highest BCUT2D eigenvalue weighted by Gasteiger charge is 2.44. The van der Waals surface area contributed by atoms with E-state index in [4.69, 9.17) is 0 Å². The van der Waals surface area contributed by atoms with E-state index in [0.717, 1.165) is 30.3 Å². The number of benzene rings is 1. The minimum absolute atomic E-state index is 0.262. The summed E-state index contributed by atoms with van der Waals surface area (Å²) in [5, 5.41) is 9.82. The van der Waals surface area contributed by atoms with Crippen LogP contribution in [0.5, 0.6) is 0 Å². The van der Waals surface area contributed by atoms with Crippen molar-refractivity contribution in [1.82, 2.24) is 9.88 Å². The maximum atomic E-state index is 13.4. The zero-order chi connectivity index (χ0) is 18.8. The molecule has 3 rings (SSSR count). The maximum absolute atomic E-state index is 13.4. The van der Waals surface area contributed by atoms with E-state index in [1.165, 1.54) is 6.07 Å². The third-order valence-electron chi connectivity index (χ3n) is 5.55. The highest BCUT2D eigenvalue weighted by molar-refractivity contribution is 5.20. The summed E-state index contributed by atoms with van der Waals surface area (Å²) in [6, 6.07) is 12.3. The first-order valence-corrected chi connectivity index (χ1v) is 8.88. The lowest BCUT2D eigenvalue weighted by atomic mass is 9.82. The topological polar surface area (TPSA) is 39.9 Å². The number of hydrogen-bond donors (Lipinski definition) is 0. The summed E-state index contributed by atoms with van der Waals surface area (Å²) in [5.41, 5.74) is 0.967. The second-order valence-corrected chi connectivity index (χ2v) is 7.59. The van der Waals surface area contributed by atoms with Gasteiger partial charge in [0.2, 0.25) is 0 Å². The lowest BCUT2D eigenvalue weighted by Gasteiger charge is -2.36. The number of hydrogen-bond acceptors (Lipinski definition) is 3. The molecule has 1 saturated heterocycles. The van der Waals surface area contributed by atoms with Gasteiger partial charge in [-0.1, -0.05) is 12.1 Å². The van der Waals surface area contributed by atoms with Crippen LogP contribution in [-0.2, 0) is 12.0 Å². The molecule has 1 aliphatic heterocycles. The molecule has 1 aliphatic rings. The van der Waals surface area contributed by atoms with Crippen LogP contribution in [0.15, 0.2) is 42.6 Å². The second-order valence-electron chi connectivity index (χ2n) is 7.59. The Morgan fingerprint density at radius 1 is 1.23 bits per heavy atom. The molecular formula is C21H23F2N3. The maximum Gasteiger partial charge on any atom is 0.159 e. The summed E-state index contributed by atoms with van der Waals surface area (Å²) in [5.74, 6) is -1.68. The van der Waals surface area contributed by atoms with Gasteiger partial charge in [-0.2, -0.15) is 5.26 Å². The number of likely N-dealkylation sites (tertiary alicyclic amines) is 1. The second kappa shape index (κ2) is 7.13. The Labute approximate surface area is 153 Å². The Bertz CT molecular complexity index is 814. The van der Waals surface area contributed by atoms with Crippen molar-refractivity contribution in [3.8, 4) is 6.07 Å². The summed E-state index contributed by atoms with van der Waals surface area (Å²) < 4.78 is 26.5. The third-order valence-corrected chi connectivity index (χ3v) is 5.55. The first-order valence-electron chi connectivity index (χ1n) is 8.88. The zero-order valence-electron chi connectivity index (χ0n) is 15.2. The van der Waals surface area contributed by atoms with E-state index in [1.54, 1.807) is 12.3 Å². The van der Waals surface area contributed by atoms with Crippen LogP contribution in [0.3, 0.4) is 0 Å². The smallest absolute Gasteiger partial charge is 0.159 e. The van der Waals surface area contributed by atoms with Crippen molar-refractivity contribution in [2.45, 2.75) is 38.6 Å². The Hall–Kier alpha value is -2.32. The third kappa shape index (κ3) is 3.61. The molecule has 3 nitrogen and oxygen atoms in total. The first-order chi connectivity index (χ1) is 12.4. The lowest BCUT2D eigenvalue weighted by molar-refractivity contribution is 0.136. The number of rotatable bonds is 5. The van der Waals surface area contributed by atoms with Gasteiger partial charge in [0.05, 0.1) is 22.7 Å². The van der Waals surface area contributed by atoms with Gasteiger partial charge in [-0.25, -0.2) is 8.78 Å². The van der Waals surface area contributed by atoms with Crippen molar-refractivity contribution in [2.75, 3.05) is 13.1 Å². The number of halogens is 2. The van der Waals surface area contributed by atoms with Gasteiger partial charge in [-0.15, -0.1) is 0 Å². The summed E-state index contributed by atoms with van der Waals surface area (Å²) >= 11 is 0. The van der Waals surface area contributed by atoms with E-state index in [0.29, 0.717) is 19.4 Å². The number of pyridine rings is 1. The monoisotopic (exact) mass is 355 g/mol. The Morgan fingerprint density at radius 3 is 2.69 bits per heavy atom. The molecule has 1 atom stereocenters. The van der Waals surface area contributed by atoms with Crippen molar-refractivity contribution in [2.24, 2.45) is 5.41 Å². The van der Waals surface area contributed by atoms with Crippen molar-refractivity contribution in [3.63, 3.8) is 0 Å². The van der Waals surface area contributed by atoms with E-state index < -0.39 is 17.0 Å². The highest BCUT2D eigenvalue weighted by atomic mass is 19.2. The molecule has 1 aromatic heterocycles. The molecule has 0 N–H and O–H groups in total. The van der Waals surface area contributed by atoms with Crippen LogP contribution < -0.4 is 0 Å². The van der Waals surface area contributed by atoms with Gasteiger partial charge in [0, 0.05) is 19.3 Å². The molecule has 0 unspecified atom stereocenters. The minimum Gasteiger partial charge on any atom is -0.291 e. The number of nitriles is 1. The van der Waals surface area contributed by atoms with Gasteiger partial charge in [-0.05, 0) is 62.9 Å². The largest absolute Gasteiger partial charge is 0.291 e. The van der Waals surface area contributed by atoms with Crippen LogP contribution in [0.1, 0.15) is 37.9 Å². The number of aryl methyl sites for hydroxylation is 1. The van der Waals surface area contributed by atoms with Crippen LogP contribution in [0.4, 0.5) is 8.78 Å². The van der Waals surface area contributed by atoms with Gasteiger partial charge >= 0.3 is 0 Å². The predicted molar refractivity (Wildman–Crippen MR) is 96.2 cm³/mol. The number of aromatic nitrogens is 1. The molecular weight excluding hydrogens is 332 g/mol. The zero-order valence-corrected chi connectivity index (χ0v) is 15.2. The van der Waals surface area contributed by atoms with Crippen molar-refractivity contribution >= 4 is 0 Å². The van der Waals surface area contributed by atoms with E-state index in [1.807, 2.05) is 18.2 Å². The molecule has 0 spiro atoms. The first kappa shape index (κ1) is 18.5. The summed E-state index contributed by atoms with van der Waals surface area (Å²) in [7, 11) is 0. The van der Waals surface area contributed by atoms with E-state index >= 15 is 0 Å². The molecule has 26 heavy (non-hydrogen) atoms. The lowest BCUT2D eigenvalue weighted by Crippen LogP contribution is -2.41. The molecule has 136 valence electrons. The van der Waals surface area contributed by atoms with Crippen LogP contribution >= 0.6 is 0 Å². The Morgan fingerprint density at radius 2 is 2.04 bits per heavy atom. The molecule has 2 aromatic rings. The highest BCUT2D eigenvalue weighted by Crippen LogP contribution is 2.40. The van der Waals surface area contributed by atoms with Crippen molar-refractivity contribution < 1.29 is 8.78 Å². The van der Waals surface area contributed by atoms with Crippen LogP contribution in [0.25, 0.3) is 0 Å². The van der Waals surface area contributed by atoms with Crippen LogP contribution in [-0.4, -0.2) is 23.0 Å².